The Morgan fingerprint density at radius 1 is 1.53 bits per heavy atom. The lowest BCUT2D eigenvalue weighted by atomic mass is 10.1. The fraction of sp³-hybridized carbons (Fsp3) is 0.556. The smallest absolute Gasteiger partial charge is 0.464 e. The van der Waals surface area contributed by atoms with Crippen molar-refractivity contribution in [2.45, 2.75) is 25.1 Å². The van der Waals surface area contributed by atoms with Crippen LogP contribution in [-0.4, -0.2) is 22.9 Å². The fourth-order valence-electron chi connectivity index (χ4n) is 1.66. The first-order valence-corrected chi connectivity index (χ1v) is 4.90. The van der Waals surface area contributed by atoms with E-state index in [2.05, 4.69) is 9.84 Å². The van der Waals surface area contributed by atoms with E-state index >= 15 is 0 Å². The van der Waals surface area contributed by atoms with Crippen molar-refractivity contribution in [2.24, 2.45) is 0 Å². The summed E-state index contributed by atoms with van der Waals surface area (Å²) in [6.07, 6.45) is -3.32. The third kappa shape index (κ3) is 1.94. The number of ether oxygens (including phenoxy) is 1. The molecule has 0 amide bonds. The van der Waals surface area contributed by atoms with Crippen LogP contribution in [0.3, 0.4) is 0 Å². The molecule has 0 spiro atoms. The number of esters is 1. The molecule has 0 aliphatic heterocycles. The van der Waals surface area contributed by atoms with Crippen LogP contribution in [0.1, 0.15) is 34.8 Å². The topological polar surface area (TPSA) is 70.1 Å². The van der Waals surface area contributed by atoms with Crippen LogP contribution in [0.4, 0.5) is 19.0 Å². The molecule has 1 saturated carbocycles. The second kappa shape index (κ2) is 3.64. The van der Waals surface area contributed by atoms with Crippen LogP contribution in [0.2, 0.25) is 0 Å². The molecule has 8 heteroatoms. The van der Waals surface area contributed by atoms with Crippen molar-refractivity contribution in [3.8, 4) is 0 Å². The maximum absolute atomic E-state index is 12.6. The van der Waals surface area contributed by atoms with Gasteiger partial charge in [-0.15, -0.1) is 13.2 Å². The summed E-state index contributed by atoms with van der Waals surface area (Å²) in [5.41, 5.74) is 5.20. The average molecular weight is 249 g/mol. The summed E-state index contributed by atoms with van der Waals surface area (Å²) in [6.45, 7) is 0. The summed E-state index contributed by atoms with van der Waals surface area (Å²) in [5.74, 6) is -1.55. The molecule has 17 heavy (non-hydrogen) atoms. The maximum atomic E-state index is 12.6. The Morgan fingerprint density at radius 3 is 2.53 bits per heavy atom. The van der Waals surface area contributed by atoms with Gasteiger partial charge in [-0.1, -0.05) is 0 Å². The standard InChI is InChI=1S/C9H10F3N3O2/c1-17-8(16)6-5(4-2-3-4)7(13)15(14-6)9(10,11)12/h4H,2-3,13H2,1H3. The largest absolute Gasteiger partial charge is 0.506 e. The van der Waals surface area contributed by atoms with Crippen molar-refractivity contribution in [1.82, 2.24) is 9.78 Å². The SMILES string of the molecule is COC(=O)c1nn(C(F)(F)F)c(N)c1C1CC1. The molecule has 2 N–H and O–H groups in total. The van der Waals surface area contributed by atoms with Gasteiger partial charge in [0, 0.05) is 5.56 Å². The van der Waals surface area contributed by atoms with E-state index in [1.165, 1.54) is 0 Å². The highest BCUT2D eigenvalue weighted by Gasteiger charge is 2.41. The Bertz CT molecular complexity index is 463. The summed E-state index contributed by atoms with van der Waals surface area (Å²) in [5, 5.41) is 3.21. The number of hydrogen-bond donors (Lipinski definition) is 1. The molecule has 94 valence electrons. The number of carbonyl (C=O) groups is 1. The zero-order valence-electron chi connectivity index (χ0n) is 8.91. The van der Waals surface area contributed by atoms with Crippen LogP contribution in [0.5, 0.6) is 0 Å². The number of rotatable bonds is 2. The predicted octanol–water partition coefficient (Wildman–Crippen LogP) is 1.61. The molecular formula is C9H10F3N3O2. The van der Waals surface area contributed by atoms with Crippen LogP contribution >= 0.6 is 0 Å². The monoisotopic (exact) mass is 249 g/mol. The van der Waals surface area contributed by atoms with Crippen LogP contribution in [0, 0.1) is 0 Å². The molecule has 0 radical (unpaired) electrons. The molecule has 1 aromatic rings. The molecule has 0 saturated heterocycles. The summed E-state index contributed by atoms with van der Waals surface area (Å²) in [4.78, 5) is 11.3. The maximum Gasteiger partial charge on any atom is 0.506 e. The van der Waals surface area contributed by atoms with Crippen molar-refractivity contribution >= 4 is 11.8 Å². The number of methoxy groups -OCH3 is 1. The first kappa shape index (κ1) is 11.7. The lowest BCUT2D eigenvalue weighted by Crippen LogP contribution is -2.20. The van der Waals surface area contributed by atoms with Gasteiger partial charge in [-0.3, -0.25) is 0 Å². The molecule has 1 heterocycles. The highest BCUT2D eigenvalue weighted by atomic mass is 19.4. The highest BCUT2D eigenvalue weighted by Crippen LogP contribution is 2.45. The molecule has 2 rings (SSSR count). The minimum Gasteiger partial charge on any atom is -0.464 e. The first-order chi connectivity index (χ1) is 7.86. The molecule has 0 unspecified atom stereocenters. The van der Waals surface area contributed by atoms with Crippen molar-refractivity contribution in [2.75, 3.05) is 12.8 Å². The minimum atomic E-state index is -4.74. The second-order valence-corrected chi connectivity index (χ2v) is 3.79. The van der Waals surface area contributed by atoms with Gasteiger partial charge >= 0.3 is 12.3 Å². The van der Waals surface area contributed by atoms with Crippen molar-refractivity contribution in [1.29, 1.82) is 0 Å². The number of carbonyl (C=O) groups excluding carboxylic acids is 1. The van der Waals surface area contributed by atoms with E-state index < -0.39 is 18.1 Å². The van der Waals surface area contributed by atoms with Gasteiger partial charge < -0.3 is 10.5 Å². The van der Waals surface area contributed by atoms with Crippen LogP contribution in [-0.2, 0) is 11.0 Å². The Balaban J connectivity index is 2.55. The molecule has 1 aromatic heterocycles. The third-order valence-electron chi connectivity index (χ3n) is 2.56. The Morgan fingerprint density at radius 2 is 2.12 bits per heavy atom. The lowest BCUT2D eigenvalue weighted by Gasteiger charge is -2.07. The predicted molar refractivity (Wildman–Crippen MR) is 51.3 cm³/mol. The third-order valence-corrected chi connectivity index (χ3v) is 2.56. The van der Waals surface area contributed by atoms with Crippen molar-refractivity contribution < 1.29 is 22.7 Å². The fourth-order valence-corrected chi connectivity index (χ4v) is 1.66. The lowest BCUT2D eigenvalue weighted by molar-refractivity contribution is -0.210. The number of alkyl halides is 3. The van der Waals surface area contributed by atoms with Gasteiger partial charge in [-0.25, -0.2) is 4.79 Å². The van der Waals surface area contributed by atoms with Gasteiger partial charge in [-0.05, 0) is 18.8 Å². The van der Waals surface area contributed by atoms with Gasteiger partial charge in [0.1, 0.15) is 5.82 Å². The van der Waals surface area contributed by atoms with Gasteiger partial charge in [0.05, 0.1) is 7.11 Å². The summed E-state index contributed by atoms with van der Waals surface area (Å²) < 4.78 is 41.8. The zero-order valence-corrected chi connectivity index (χ0v) is 8.91. The van der Waals surface area contributed by atoms with E-state index in [0.29, 0.717) is 12.8 Å². The van der Waals surface area contributed by atoms with Crippen molar-refractivity contribution in [3.05, 3.63) is 11.3 Å². The molecule has 0 aromatic carbocycles. The Hall–Kier alpha value is -1.73. The summed E-state index contributed by atoms with van der Waals surface area (Å²) in [6, 6.07) is 0. The second-order valence-electron chi connectivity index (χ2n) is 3.79. The van der Waals surface area contributed by atoms with Gasteiger partial charge in [0.2, 0.25) is 0 Å². The number of nitrogens with two attached hydrogens (primary N) is 1. The quantitative estimate of drug-likeness (QED) is 0.808. The number of anilines is 1. The van der Waals surface area contributed by atoms with Crippen LogP contribution < -0.4 is 5.73 Å². The molecular weight excluding hydrogens is 239 g/mol. The van der Waals surface area contributed by atoms with Crippen LogP contribution in [0.25, 0.3) is 0 Å². The molecule has 1 aliphatic carbocycles. The normalized spacial score (nSPS) is 16.0. The first-order valence-electron chi connectivity index (χ1n) is 4.90. The molecule has 5 nitrogen and oxygen atoms in total. The Labute approximate surface area is 94.3 Å². The van der Waals surface area contributed by atoms with Crippen LogP contribution in [0.15, 0.2) is 0 Å². The number of nitrogens with zero attached hydrogens (tertiary/aromatic N) is 2. The van der Waals surface area contributed by atoms with E-state index in [-0.39, 0.29) is 21.9 Å². The van der Waals surface area contributed by atoms with Crippen molar-refractivity contribution in [3.63, 3.8) is 0 Å². The number of hydrogen-bond acceptors (Lipinski definition) is 4. The van der Waals surface area contributed by atoms with E-state index in [4.69, 9.17) is 5.73 Å². The van der Waals surface area contributed by atoms with Gasteiger partial charge in [0.15, 0.2) is 5.69 Å². The van der Waals surface area contributed by atoms with E-state index in [9.17, 15) is 18.0 Å². The van der Waals surface area contributed by atoms with Gasteiger partial charge in [-0.2, -0.15) is 9.78 Å². The molecule has 1 aliphatic rings. The average Bonchev–Trinajstić information content (AvgIpc) is 2.99. The Kier molecular flexibility index (Phi) is 2.52. The zero-order chi connectivity index (χ0) is 12.8. The number of nitrogen functional groups attached to an aromatic ring is 1. The molecule has 0 atom stereocenters. The van der Waals surface area contributed by atoms with E-state index in [1.807, 2.05) is 0 Å². The van der Waals surface area contributed by atoms with Gasteiger partial charge in [0.25, 0.3) is 0 Å². The summed E-state index contributed by atoms with van der Waals surface area (Å²) >= 11 is 0. The molecule has 1 fully saturated rings. The van der Waals surface area contributed by atoms with E-state index in [1.54, 1.807) is 0 Å². The number of halogens is 3. The molecule has 0 bridgehead atoms. The highest BCUT2D eigenvalue weighted by molar-refractivity contribution is 5.90. The minimum absolute atomic E-state index is 0.125. The van der Waals surface area contributed by atoms with E-state index in [0.717, 1.165) is 7.11 Å². The number of aromatic nitrogens is 2. The summed E-state index contributed by atoms with van der Waals surface area (Å²) in [7, 11) is 1.09.